The average Bonchev–Trinajstić information content (AvgIpc) is 2.27. The molecular weight excluding hydrogens is 206 g/mol. The van der Waals surface area contributed by atoms with Crippen molar-refractivity contribution in [2.24, 2.45) is 17.6 Å². The molecule has 1 aromatic carbocycles. The van der Waals surface area contributed by atoms with Crippen LogP contribution >= 0.6 is 11.6 Å². The van der Waals surface area contributed by atoms with Gasteiger partial charge in [-0.15, -0.1) is 0 Å². The summed E-state index contributed by atoms with van der Waals surface area (Å²) >= 11 is 6.13. The third kappa shape index (κ3) is 3.51. The summed E-state index contributed by atoms with van der Waals surface area (Å²) in [6.45, 7) is 5.20. The first-order valence-corrected chi connectivity index (χ1v) is 6.00. The number of hydrogen-bond donors (Lipinski definition) is 1. The minimum absolute atomic E-state index is 0.537. The Morgan fingerprint density at radius 2 is 2.00 bits per heavy atom. The van der Waals surface area contributed by atoms with Crippen LogP contribution in [0.15, 0.2) is 24.3 Å². The molecule has 2 heteroatoms. The quantitative estimate of drug-likeness (QED) is 0.816. The van der Waals surface area contributed by atoms with E-state index in [9.17, 15) is 0 Å². The lowest BCUT2D eigenvalue weighted by Crippen LogP contribution is -2.23. The number of rotatable bonds is 5. The SMILES string of the molecule is CCC(C)[C@H](CN)Cc1ccccc1Cl. The number of benzene rings is 1. The van der Waals surface area contributed by atoms with Crippen molar-refractivity contribution in [3.63, 3.8) is 0 Å². The molecular formula is C13H20ClN. The van der Waals surface area contributed by atoms with Crippen LogP contribution in [0.1, 0.15) is 25.8 Å². The Labute approximate surface area is 97.6 Å². The number of halogens is 1. The standard InChI is InChI=1S/C13H20ClN/c1-3-10(2)12(9-15)8-11-6-4-5-7-13(11)14/h4-7,10,12H,3,8-9,15H2,1-2H3/t10?,12-/m0/s1. The van der Waals surface area contributed by atoms with Crippen LogP contribution in [0, 0.1) is 11.8 Å². The highest BCUT2D eigenvalue weighted by Crippen LogP contribution is 2.23. The van der Waals surface area contributed by atoms with Crippen LogP contribution in [0.25, 0.3) is 0 Å². The molecule has 1 rings (SSSR count). The van der Waals surface area contributed by atoms with E-state index in [0.29, 0.717) is 11.8 Å². The molecule has 84 valence electrons. The molecule has 0 radical (unpaired) electrons. The fraction of sp³-hybridized carbons (Fsp3) is 0.538. The highest BCUT2D eigenvalue weighted by Gasteiger charge is 2.15. The minimum atomic E-state index is 0.537. The summed E-state index contributed by atoms with van der Waals surface area (Å²) in [7, 11) is 0. The van der Waals surface area contributed by atoms with Crippen LogP contribution in [0.5, 0.6) is 0 Å². The Balaban J connectivity index is 2.71. The van der Waals surface area contributed by atoms with E-state index < -0.39 is 0 Å². The van der Waals surface area contributed by atoms with E-state index in [2.05, 4.69) is 19.9 Å². The molecule has 1 aromatic rings. The molecule has 1 nitrogen and oxygen atoms in total. The van der Waals surface area contributed by atoms with Gasteiger partial charge in [0.2, 0.25) is 0 Å². The Morgan fingerprint density at radius 1 is 1.33 bits per heavy atom. The van der Waals surface area contributed by atoms with Gasteiger partial charge in [0.25, 0.3) is 0 Å². The molecule has 0 spiro atoms. The van der Waals surface area contributed by atoms with Gasteiger partial charge in [0.15, 0.2) is 0 Å². The maximum absolute atomic E-state index is 6.13. The summed E-state index contributed by atoms with van der Waals surface area (Å²) in [4.78, 5) is 0. The maximum atomic E-state index is 6.13. The third-order valence-electron chi connectivity index (χ3n) is 3.19. The lowest BCUT2D eigenvalue weighted by atomic mass is 9.86. The summed E-state index contributed by atoms with van der Waals surface area (Å²) in [5, 5.41) is 0.860. The highest BCUT2D eigenvalue weighted by molar-refractivity contribution is 6.31. The molecule has 0 saturated heterocycles. The minimum Gasteiger partial charge on any atom is -0.330 e. The van der Waals surface area contributed by atoms with E-state index in [-0.39, 0.29) is 0 Å². The van der Waals surface area contributed by atoms with E-state index in [0.717, 1.165) is 18.0 Å². The highest BCUT2D eigenvalue weighted by atomic mass is 35.5. The van der Waals surface area contributed by atoms with Gasteiger partial charge in [0, 0.05) is 5.02 Å². The van der Waals surface area contributed by atoms with Crippen LogP contribution in [0.2, 0.25) is 5.02 Å². The van der Waals surface area contributed by atoms with E-state index >= 15 is 0 Å². The fourth-order valence-electron chi connectivity index (χ4n) is 1.80. The summed E-state index contributed by atoms with van der Waals surface area (Å²) in [5.41, 5.74) is 7.02. The summed E-state index contributed by atoms with van der Waals surface area (Å²) < 4.78 is 0. The van der Waals surface area contributed by atoms with Gasteiger partial charge >= 0.3 is 0 Å². The van der Waals surface area contributed by atoms with Crippen LogP contribution in [-0.4, -0.2) is 6.54 Å². The van der Waals surface area contributed by atoms with Crippen molar-refractivity contribution in [1.29, 1.82) is 0 Å². The van der Waals surface area contributed by atoms with Gasteiger partial charge in [-0.05, 0) is 36.4 Å². The Morgan fingerprint density at radius 3 is 2.53 bits per heavy atom. The predicted octanol–water partition coefficient (Wildman–Crippen LogP) is 3.50. The zero-order chi connectivity index (χ0) is 11.3. The maximum Gasteiger partial charge on any atom is 0.0438 e. The molecule has 0 aliphatic rings. The zero-order valence-corrected chi connectivity index (χ0v) is 10.3. The van der Waals surface area contributed by atoms with Gasteiger partial charge in [0.05, 0.1) is 0 Å². The molecule has 2 N–H and O–H groups in total. The molecule has 15 heavy (non-hydrogen) atoms. The molecule has 0 aliphatic carbocycles. The second-order valence-electron chi connectivity index (χ2n) is 4.18. The summed E-state index contributed by atoms with van der Waals surface area (Å²) in [5.74, 6) is 1.20. The van der Waals surface area contributed by atoms with Crippen molar-refractivity contribution in [3.05, 3.63) is 34.9 Å². The second kappa shape index (κ2) is 6.14. The van der Waals surface area contributed by atoms with Gasteiger partial charge < -0.3 is 5.73 Å². The second-order valence-corrected chi connectivity index (χ2v) is 4.58. The Hall–Kier alpha value is -0.530. The molecule has 2 atom stereocenters. The molecule has 0 amide bonds. The van der Waals surface area contributed by atoms with Crippen LogP contribution in [0.3, 0.4) is 0 Å². The molecule has 0 aliphatic heterocycles. The number of hydrogen-bond acceptors (Lipinski definition) is 1. The zero-order valence-electron chi connectivity index (χ0n) is 9.54. The average molecular weight is 226 g/mol. The number of nitrogens with two attached hydrogens (primary N) is 1. The van der Waals surface area contributed by atoms with Crippen molar-refractivity contribution in [3.8, 4) is 0 Å². The van der Waals surface area contributed by atoms with E-state index in [1.807, 2.05) is 18.2 Å². The van der Waals surface area contributed by atoms with Crippen LogP contribution in [-0.2, 0) is 6.42 Å². The smallest absolute Gasteiger partial charge is 0.0438 e. The van der Waals surface area contributed by atoms with Crippen LogP contribution in [0.4, 0.5) is 0 Å². The molecule has 0 bridgehead atoms. The van der Waals surface area contributed by atoms with Gasteiger partial charge in [-0.2, -0.15) is 0 Å². The first-order valence-electron chi connectivity index (χ1n) is 5.62. The van der Waals surface area contributed by atoms with E-state index in [1.165, 1.54) is 12.0 Å². The van der Waals surface area contributed by atoms with Crippen molar-refractivity contribution < 1.29 is 0 Å². The first kappa shape index (κ1) is 12.5. The van der Waals surface area contributed by atoms with E-state index in [1.54, 1.807) is 0 Å². The summed E-state index contributed by atoms with van der Waals surface area (Å²) in [6, 6.07) is 8.03. The van der Waals surface area contributed by atoms with Crippen molar-refractivity contribution in [1.82, 2.24) is 0 Å². The summed E-state index contributed by atoms with van der Waals surface area (Å²) in [6.07, 6.45) is 2.16. The van der Waals surface area contributed by atoms with Gasteiger partial charge in [0.1, 0.15) is 0 Å². The molecule has 0 saturated carbocycles. The lowest BCUT2D eigenvalue weighted by Gasteiger charge is -2.21. The normalized spacial score (nSPS) is 14.9. The third-order valence-corrected chi connectivity index (χ3v) is 3.56. The lowest BCUT2D eigenvalue weighted by molar-refractivity contribution is 0.354. The molecule has 0 heterocycles. The molecule has 1 unspecified atom stereocenters. The van der Waals surface area contributed by atoms with Crippen molar-refractivity contribution >= 4 is 11.6 Å². The topological polar surface area (TPSA) is 26.0 Å². The molecule has 0 aromatic heterocycles. The fourth-order valence-corrected chi connectivity index (χ4v) is 2.01. The van der Waals surface area contributed by atoms with Crippen molar-refractivity contribution in [2.75, 3.05) is 6.54 Å². The Kier molecular flexibility index (Phi) is 5.13. The predicted molar refractivity (Wildman–Crippen MR) is 67.2 cm³/mol. The Bertz CT molecular complexity index is 298. The van der Waals surface area contributed by atoms with Gasteiger partial charge in [-0.1, -0.05) is 50.1 Å². The van der Waals surface area contributed by atoms with Crippen LogP contribution < -0.4 is 5.73 Å². The largest absolute Gasteiger partial charge is 0.330 e. The monoisotopic (exact) mass is 225 g/mol. The molecule has 0 fully saturated rings. The van der Waals surface area contributed by atoms with Crippen molar-refractivity contribution in [2.45, 2.75) is 26.7 Å². The van der Waals surface area contributed by atoms with E-state index in [4.69, 9.17) is 17.3 Å². The van der Waals surface area contributed by atoms with Gasteiger partial charge in [-0.3, -0.25) is 0 Å². The first-order chi connectivity index (χ1) is 7.19. The van der Waals surface area contributed by atoms with Gasteiger partial charge in [-0.25, -0.2) is 0 Å².